The summed E-state index contributed by atoms with van der Waals surface area (Å²) in [4.78, 5) is 0. The molecule has 2 aromatic rings. The summed E-state index contributed by atoms with van der Waals surface area (Å²) in [5.74, 6) is 5.73. The average molecular weight is 254 g/mol. The van der Waals surface area contributed by atoms with Crippen molar-refractivity contribution in [2.45, 2.75) is 33.2 Å². The first-order valence-corrected chi connectivity index (χ1v) is 6.69. The van der Waals surface area contributed by atoms with Gasteiger partial charge in [0.05, 0.1) is 0 Å². The van der Waals surface area contributed by atoms with Gasteiger partial charge in [0.2, 0.25) is 0 Å². The number of aryl methyl sites for hydroxylation is 3. The molecule has 1 atom stereocenters. The second-order valence-corrected chi connectivity index (χ2v) is 5.26. The van der Waals surface area contributed by atoms with E-state index in [0.717, 1.165) is 6.42 Å². The zero-order valence-electron chi connectivity index (χ0n) is 11.9. The molecule has 2 aromatic carbocycles. The largest absolute Gasteiger partial charge is 0.271 e. The van der Waals surface area contributed by atoms with Crippen molar-refractivity contribution < 1.29 is 0 Å². The van der Waals surface area contributed by atoms with E-state index in [4.69, 9.17) is 5.84 Å². The summed E-state index contributed by atoms with van der Waals surface area (Å²) in [6.45, 7) is 6.37. The summed E-state index contributed by atoms with van der Waals surface area (Å²) in [5.41, 5.74) is 9.39. The van der Waals surface area contributed by atoms with Crippen LogP contribution in [-0.4, -0.2) is 0 Å². The molecule has 100 valence electrons. The van der Waals surface area contributed by atoms with E-state index in [2.05, 4.69) is 68.7 Å². The third-order valence-corrected chi connectivity index (χ3v) is 3.61. The minimum Gasteiger partial charge on any atom is -0.271 e. The summed E-state index contributed by atoms with van der Waals surface area (Å²) in [6.07, 6.45) is 0.910. The molecule has 0 aliphatic carbocycles. The predicted octanol–water partition coefficient (Wildman–Crippen LogP) is 3.36. The van der Waals surface area contributed by atoms with E-state index >= 15 is 0 Å². The van der Waals surface area contributed by atoms with Crippen LogP contribution < -0.4 is 11.3 Å². The number of hydrogen-bond acceptors (Lipinski definition) is 2. The van der Waals surface area contributed by atoms with E-state index < -0.39 is 0 Å². The van der Waals surface area contributed by atoms with Gasteiger partial charge in [0.25, 0.3) is 0 Å². The first kappa shape index (κ1) is 13.8. The molecular formula is C17H22N2. The Balaban J connectivity index is 2.23. The van der Waals surface area contributed by atoms with E-state index in [0.29, 0.717) is 0 Å². The van der Waals surface area contributed by atoms with Crippen molar-refractivity contribution in [1.82, 2.24) is 5.43 Å². The van der Waals surface area contributed by atoms with Crippen molar-refractivity contribution in [2.75, 3.05) is 0 Å². The second-order valence-electron chi connectivity index (χ2n) is 5.26. The van der Waals surface area contributed by atoms with Crippen molar-refractivity contribution in [3.63, 3.8) is 0 Å². The van der Waals surface area contributed by atoms with Gasteiger partial charge in [-0.15, -0.1) is 0 Å². The highest BCUT2D eigenvalue weighted by molar-refractivity contribution is 5.33. The molecule has 19 heavy (non-hydrogen) atoms. The molecule has 0 heterocycles. The molecule has 0 spiro atoms. The zero-order valence-corrected chi connectivity index (χ0v) is 11.9. The number of nitrogens with one attached hydrogen (secondary N) is 1. The Morgan fingerprint density at radius 1 is 0.947 bits per heavy atom. The molecule has 0 bridgehead atoms. The Labute approximate surface area is 115 Å². The molecule has 0 aliphatic heterocycles. The molecule has 0 saturated heterocycles. The van der Waals surface area contributed by atoms with Crippen LogP contribution >= 0.6 is 0 Å². The Morgan fingerprint density at radius 3 is 2.21 bits per heavy atom. The van der Waals surface area contributed by atoms with Gasteiger partial charge in [-0.05, 0) is 43.9 Å². The number of nitrogens with two attached hydrogens (primary N) is 1. The Bertz CT molecular complexity index is 544. The molecule has 0 fully saturated rings. The van der Waals surface area contributed by atoms with Gasteiger partial charge in [0.1, 0.15) is 0 Å². The number of benzene rings is 2. The maximum Gasteiger partial charge on any atom is 0.0500 e. The Hall–Kier alpha value is -1.64. The molecular weight excluding hydrogens is 232 g/mol. The van der Waals surface area contributed by atoms with Crippen LogP contribution in [0.2, 0.25) is 0 Å². The zero-order chi connectivity index (χ0) is 13.8. The topological polar surface area (TPSA) is 38.0 Å². The van der Waals surface area contributed by atoms with Gasteiger partial charge >= 0.3 is 0 Å². The van der Waals surface area contributed by atoms with Crippen molar-refractivity contribution in [3.05, 3.63) is 70.3 Å². The van der Waals surface area contributed by atoms with Crippen molar-refractivity contribution in [1.29, 1.82) is 0 Å². The normalized spacial score (nSPS) is 12.4. The molecule has 0 saturated carbocycles. The van der Waals surface area contributed by atoms with E-state index in [1.54, 1.807) is 0 Å². The molecule has 2 rings (SSSR count). The Morgan fingerprint density at radius 2 is 1.58 bits per heavy atom. The highest BCUT2D eigenvalue weighted by Gasteiger charge is 2.11. The van der Waals surface area contributed by atoms with Gasteiger partial charge in [-0.1, -0.05) is 53.6 Å². The van der Waals surface area contributed by atoms with Gasteiger partial charge in [-0.3, -0.25) is 11.3 Å². The van der Waals surface area contributed by atoms with Gasteiger partial charge < -0.3 is 0 Å². The molecule has 0 aliphatic rings. The molecule has 1 unspecified atom stereocenters. The number of hydrogen-bond donors (Lipinski definition) is 2. The fraction of sp³-hybridized carbons (Fsp3) is 0.294. The molecule has 2 heteroatoms. The molecule has 0 amide bonds. The number of hydrazine groups is 1. The quantitative estimate of drug-likeness (QED) is 0.648. The highest BCUT2D eigenvalue weighted by atomic mass is 15.2. The molecule has 3 N–H and O–H groups in total. The maximum absolute atomic E-state index is 5.73. The lowest BCUT2D eigenvalue weighted by atomic mass is 9.95. The summed E-state index contributed by atoms with van der Waals surface area (Å²) in [5, 5.41) is 0. The maximum atomic E-state index is 5.73. The minimum absolute atomic E-state index is 0.154. The van der Waals surface area contributed by atoms with Gasteiger partial charge in [0, 0.05) is 6.04 Å². The number of rotatable bonds is 4. The van der Waals surface area contributed by atoms with Crippen LogP contribution in [-0.2, 0) is 6.42 Å². The van der Waals surface area contributed by atoms with Crippen LogP contribution in [0.1, 0.15) is 33.9 Å². The van der Waals surface area contributed by atoms with Gasteiger partial charge in [-0.2, -0.15) is 0 Å². The first-order valence-electron chi connectivity index (χ1n) is 6.69. The lowest BCUT2D eigenvalue weighted by Gasteiger charge is -2.18. The van der Waals surface area contributed by atoms with Crippen LogP contribution in [0.4, 0.5) is 0 Å². The standard InChI is InChI=1S/C17H22N2/c1-12-5-8-15(9-6-12)17(19-18)11-16-10-13(2)4-7-14(16)3/h4-10,17,19H,11,18H2,1-3H3. The van der Waals surface area contributed by atoms with Crippen LogP contribution in [0.25, 0.3) is 0 Å². The van der Waals surface area contributed by atoms with Gasteiger partial charge in [-0.25, -0.2) is 0 Å². The van der Waals surface area contributed by atoms with Crippen molar-refractivity contribution in [2.24, 2.45) is 5.84 Å². The second kappa shape index (κ2) is 6.00. The lowest BCUT2D eigenvalue weighted by molar-refractivity contribution is 0.550. The van der Waals surface area contributed by atoms with Crippen LogP contribution in [0, 0.1) is 20.8 Å². The minimum atomic E-state index is 0.154. The van der Waals surface area contributed by atoms with Crippen LogP contribution in [0.5, 0.6) is 0 Å². The first-order chi connectivity index (χ1) is 9.10. The Kier molecular flexibility index (Phi) is 4.35. The van der Waals surface area contributed by atoms with E-state index in [-0.39, 0.29) is 6.04 Å². The third-order valence-electron chi connectivity index (χ3n) is 3.61. The van der Waals surface area contributed by atoms with Crippen LogP contribution in [0.3, 0.4) is 0 Å². The average Bonchev–Trinajstić information content (AvgIpc) is 2.41. The predicted molar refractivity (Wildman–Crippen MR) is 80.9 cm³/mol. The SMILES string of the molecule is Cc1ccc(C(Cc2cc(C)ccc2C)NN)cc1. The third kappa shape index (κ3) is 3.43. The fourth-order valence-electron chi connectivity index (χ4n) is 2.31. The molecule has 2 nitrogen and oxygen atoms in total. The fourth-order valence-corrected chi connectivity index (χ4v) is 2.31. The van der Waals surface area contributed by atoms with Crippen molar-refractivity contribution in [3.8, 4) is 0 Å². The van der Waals surface area contributed by atoms with E-state index in [1.807, 2.05) is 0 Å². The van der Waals surface area contributed by atoms with E-state index in [9.17, 15) is 0 Å². The summed E-state index contributed by atoms with van der Waals surface area (Å²) in [7, 11) is 0. The smallest absolute Gasteiger partial charge is 0.0500 e. The summed E-state index contributed by atoms with van der Waals surface area (Å²) < 4.78 is 0. The molecule has 0 aromatic heterocycles. The van der Waals surface area contributed by atoms with Crippen molar-refractivity contribution >= 4 is 0 Å². The summed E-state index contributed by atoms with van der Waals surface area (Å²) in [6, 6.07) is 15.3. The summed E-state index contributed by atoms with van der Waals surface area (Å²) >= 11 is 0. The lowest BCUT2D eigenvalue weighted by Crippen LogP contribution is -2.29. The molecule has 0 radical (unpaired) electrons. The van der Waals surface area contributed by atoms with Gasteiger partial charge in [0.15, 0.2) is 0 Å². The van der Waals surface area contributed by atoms with Crippen LogP contribution in [0.15, 0.2) is 42.5 Å². The highest BCUT2D eigenvalue weighted by Crippen LogP contribution is 2.21. The van der Waals surface area contributed by atoms with E-state index in [1.165, 1.54) is 27.8 Å². The monoisotopic (exact) mass is 254 g/mol.